The van der Waals surface area contributed by atoms with Crippen LogP contribution in [0.5, 0.6) is 5.75 Å². The summed E-state index contributed by atoms with van der Waals surface area (Å²) in [6.45, 7) is 19.4. The van der Waals surface area contributed by atoms with E-state index in [9.17, 15) is 19.5 Å². The number of ether oxygens (including phenoxy) is 6. The van der Waals surface area contributed by atoms with Gasteiger partial charge < -0.3 is 58.0 Å². The van der Waals surface area contributed by atoms with E-state index in [0.29, 0.717) is 90.5 Å². The fourth-order valence-corrected chi connectivity index (χ4v) is 9.37. The molecule has 0 bridgehead atoms. The van der Waals surface area contributed by atoms with Crippen LogP contribution in [0.1, 0.15) is 75.1 Å². The van der Waals surface area contributed by atoms with Crippen LogP contribution >= 0.6 is 11.3 Å². The number of carbonyl (C=O) groups excluding carboxylic acids is 3. The maximum Gasteiger partial charge on any atom is 0.498 e. The number of aliphatic hydroxyl groups is 1. The Kier molecular flexibility index (Phi) is 18.6. The van der Waals surface area contributed by atoms with Crippen molar-refractivity contribution < 1.29 is 57.2 Å². The van der Waals surface area contributed by atoms with E-state index in [0.717, 1.165) is 32.7 Å². The molecule has 0 radical (unpaired) electrons. The summed E-state index contributed by atoms with van der Waals surface area (Å²) >= 11 is 1.53. The maximum atomic E-state index is 14.2. The number of hydrogen-bond acceptors (Lipinski definition) is 15. The Bertz CT molecular complexity index is 2340. The lowest BCUT2D eigenvalue weighted by atomic mass is 9.82. The van der Waals surface area contributed by atoms with Gasteiger partial charge in [-0.15, -0.1) is 11.3 Å². The average molecular weight is 989 g/mol. The van der Waals surface area contributed by atoms with E-state index < -0.39 is 42.4 Å². The third kappa shape index (κ3) is 13.4. The third-order valence-corrected chi connectivity index (χ3v) is 14.1. The number of amides is 3. The summed E-state index contributed by atoms with van der Waals surface area (Å²) in [5.74, 6) is -0.611. The summed E-state index contributed by atoms with van der Waals surface area (Å²) in [5, 5.41) is 18.1. The van der Waals surface area contributed by atoms with Crippen molar-refractivity contribution in [2.75, 3.05) is 79.2 Å². The molecule has 1 unspecified atom stereocenters. The predicted octanol–water partition coefficient (Wildman–Crippen LogP) is 4.03. The summed E-state index contributed by atoms with van der Waals surface area (Å²) in [5.41, 5.74) is 5.89. The molecule has 2 fully saturated rings. The topological polar surface area (TPSA) is 194 Å². The lowest BCUT2D eigenvalue weighted by Crippen LogP contribution is -2.55. The van der Waals surface area contributed by atoms with Crippen molar-refractivity contribution in [2.24, 2.45) is 5.92 Å². The average Bonchev–Trinajstić information content (AvgIpc) is 4.17. The van der Waals surface area contributed by atoms with Crippen LogP contribution < -0.4 is 15.5 Å². The van der Waals surface area contributed by atoms with Gasteiger partial charge in [-0.25, -0.2) is 4.98 Å². The molecule has 0 saturated carbocycles. The first-order valence-electron chi connectivity index (χ1n) is 24.2. The number of fused-ring (bicyclic) bond motifs is 1. The van der Waals surface area contributed by atoms with Gasteiger partial charge in [0.15, 0.2) is 0 Å². The van der Waals surface area contributed by atoms with E-state index in [1.807, 2.05) is 95.7 Å². The molecule has 3 aliphatic heterocycles. The Labute approximate surface area is 415 Å². The SMILES string of the molecule is Cc1ncsc1-c1ccc(CNC(=O)[C@@H]2C[C@@H](O)CN2C(=O)C(C(C)C)N2Cc3ccccc3C2=O)c(OCCOCCOCCOCCOCCOCCn2cc(B3OC(C)(C)C(C)(C)O3)cn2)c1. The monoisotopic (exact) mass is 988 g/mol. The van der Waals surface area contributed by atoms with Crippen LogP contribution in [-0.4, -0.2) is 163 Å². The first-order valence-corrected chi connectivity index (χ1v) is 25.1. The second-order valence-corrected chi connectivity index (χ2v) is 19.9. The van der Waals surface area contributed by atoms with Gasteiger partial charge in [-0.05, 0) is 63.8 Å². The summed E-state index contributed by atoms with van der Waals surface area (Å²) in [4.78, 5) is 49.9. The molecule has 4 aromatic rings. The zero-order valence-electron chi connectivity index (χ0n) is 41.6. The highest BCUT2D eigenvalue weighted by atomic mass is 32.1. The largest absolute Gasteiger partial charge is 0.498 e. The molecule has 18 nitrogen and oxygen atoms in total. The van der Waals surface area contributed by atoms with E-state index in [2.05, 4.69) is 15.4 Å². The third-order valence-electron chi connectivity index (χ3n) is 13.1. The highest BCUT2D eigenvalue weighted by molar-refractivity contribution is 7.13. The second kappa shape index (κ2) is 24.6. The summed E-state index contributed by atoms with van der Waals surface area (Å²) in [6, 6.07) is 11.4. The number of thiazole rings is 1. The zero-order valence-corrected chi connectivity index (χ0v) is 42.4. The van der Waals surface area contributed by atoms with Gasteiger partial charge in [0, 0.05) is 55.0 Å². The molecule has 3 atom stereocenters. The molecule has 5 heterocycles. The van der Waals surface area contributed by atoms with Crippen LogP contribution in [-0.2, 0) is 62.2 Å². The van der Waals surface area contributed by atoms with Crippen LogP contribution in [0.3, 0.4) is 0 Å². The number of likely N-dealkylation sites (tertiary alicyclic amines) is 1. The lowest BCUT2D eigenvalue weighted by molar-refractivity contribution is -0.143. The van der Waals surface area contributed by atoms with Crippen molar-refractivity contribution >= 4 is 41.6 Å². The number of nitrogens with zero attached hydrogens (tertiary/aromatic N) is 5. The fraction of sp³-hybridized carbons (Fsp3) is 0.580. The number of nitrogens with one attached hydrogen (secondary N) is 1. The lowest BCUT2D eigenvalue weighted by Gasteiger charge is -2.35. The van der Waals surface area contributed by atoms with Gasteiger partial charge in [0.05, 0.1) is 106 Å². The van der Waals surface area contributed by atoms with Crippen molar-refractivity contribution in [2.45, 2.75) is 104 Å². The Morgan fingerprint density at radius 3 is 2.14 bits per heavy atom. The quantitative estimate of drug-likeness (QED) is 0.0643. The van der Waals surface area contributed by atoms with Crippen molar-refractivity contribution in [1.82, 2.24) is 29.9 Å². The molecule has 2 aromatic carbocycles. The molecule has 2 saturated heterocycles. The Hall–Kier alpha value is -4.77. The predicted molar refractivity (Wildman–Crippen MR) is 263 cm³/mol. The van der Waals surface area contributed by atoms with E-state index in [-0.39, 0.29) is 43.8 Å². The van der Waals surface area contributed by atoms with Crippen molar-refractivity contribution in [1.29, 1.82) is 0 Å². The van der Waals surface area contributed by atoms with Crippen LogP contribution in [0, 0.1) is 12.8 Å². The summed E-state index contributed by atoms with van der Waals surface area (Å²) in [7, 11) is -0.437. The summed E-state index contributed by atoms with van der Waals surface area (Å²) < 4.78 is 48.7. The van der Waals surface area contributed by atoms with Crippen molar-refractivity contribution in [3.05, 3.63) is 82.8 Å². The zero-order chi connectivity index (χ0) is 49.8. The van der Waals surface area contributed by atoms with Crippen molar-refractivity contribution in [3.8, 4) is 16.2 Å². The van der Waals surface area contributed by atoms with E-state index in [1.54, 1.807) is 22.7 Å². The molecule has 70 heavy (non-hydrogen) atoms. The minimum atomic E-state index is -0.907. The number of carbonyl (C=O) groups is 3. The molecule has 3 aliphatic rings. The van der Waals surface area contributed by atoms with Gasteiger partial charge >= 0.3 is 7.12 Å². The first kappa shape index (κ1) is 53.0. The normalized spacial score (nSPS) is 18.8. The molecule has 2 aromatic heterocycles. The van der Waals surface area contributed by atoms with E-state index in [1.165, 1.54) is 16.2 Å². The second-order valence-electron chi connectivity index (χ2n) is 19.0. The molecular formula is C50H69BN6O12S. The van der Waals surface area contributed by atoms with E-state index in [4.69, 9.17) is 37.7 Å². The minimum Gasteiger partial charge on any atom is -0.491 e. The van der Waals surface area contributed by atoms with Crippen LogP contribution in [0.25, 0.3) is 10.4 Å². The fourth-order valence-electron chi connectivity index (χ4n) is 8.56. The molecule has 7 rings (SSSR count). The number of aromatic nitrogens is 3. The number of benzene rings is 2. The number of aliphatic hydroxyl groups excluding tert-OH is 1. The molecule has 20 heteroatoms. The Balaban J connectivity index is 0.766. The van der Waals surface area contributed by atoms with Gasteiger partial charge in [0.25, 0.3) is 5.91 Å². The van der Waals surface area contributed by atoms with Crippen molar-refractivity contribution in [3.63, 3.8) is 0 Å². The Morgan fingerprint density at radius 1 is 0.900 bits per heavy atom. The summed E-state index contributed by atoms with van der Waals surface area (Å²) in [6.07, 6.45) is 2.91. The molecule has 2 N–H and O–H groups in total. The number of rotatable bonds is 27. The molecule has 0 aliphatic carbocycles. The number of hydrogen-bond donors (Lipinski definition) is 2. The maximum absolute atomic E-state index is 14.2. The van der Waals surface area contributed by atoms with Gasteiger partial charge in [0.2, 0.25) is 11.8 Å². The molecular weight excluding hydrogens is 919 g/mol. The molecule has 0 spiro atoms. The Morgan fingerprint density at radius 2 is 1.53 bits per heavy atom. The van der Waals surface area contributed by atoms with Gasteiger partial charge in [-0.3, -0.25) is 19.1 Å². The van der Waals surface area contributed by atoms with Crippen LogP contribution in [0.15, 0.2) is 60.4 Å². The van der Waals surface area contributed by atoms with Crippen LogP contribution in [0.4, 0.5) is 0 Å². The number of aryl methyl sites for hydroxylation is 1. The standard InChI is InChI=1S/C50H69BN6O12S/c1-34(2)44(57-30-38-10-8-9-11-41(38)47(57)60)48(61)56-32-40(58)27-42(56)46(59)52-28-37-13-12-36(45-35(3)53-33-70-45)26-43(37)67-25-24-66-23-22-65-21-20-64-19-18-63-17-16-62-15-14-55-31-39(29-54-55)51-68-49(4,5)50(6,7)69-51/h8-13,26,29,31,33-34,40,42,44,58H,14-25,27-28,30,32H2,1-7H3,(H,52,59)/t40-,42+,44?/m1/s1. The smallest absolute Gasteiger partial charge is 0.491 e. The number of β-amino-alcohol motifs (C(OH)–C–C–N with tert-alkyl or cyclic N) is 1. The highest BCUT2D eigenvalue weighted by Gasteiger charge is 2.52. The van der Waals surface area contributed by atoms with Gasteiger partial charge in [-0.2, -0.15) is 5.10 Å². The molecule has 380 valence electrons. The van der Waals surface area contributed by atoms with Gasteiger partial charge in [0.1, 0.15) is 24.4 Å². The first-order chi connectivity index (χ1) is 33.6. The molecule has 3 amide bonds. The highest BCUT2D eigenvalue weighted by Crippen LogP contribution is 2.37. The van der Waals surface area contributed by atoms with Gasteiger partial charge in [-0.1, -0.05) is 44.2 Å². The minimum absolute atomic E-state index is 0.00168. The van der Waals surface area contributed by atoms with Crippen LogP contribution in [0.2, 0.25) is 0 Å². The van der Waals surface area contributed by atoms with E-state index >= 15 is 0 Å².